The van der Waals surface area contributed by atoms with Gasteiger partial charge in [0, 0.05) is 30.3 Å². The van der Waals surface area contributed by atoms with Crippen molar-refractivity contribution in [1.29, 1.82) is 0 Å². The van der Waals surface area contributed by atoms with Crippen LogP contribution in [0.25, 0.3) is 10.4 Å². The highest BCUT2D eigenvalue weighted by molar-refractivity contribution is 4.88. The number of nitrogens with zero attached hydrogens (tertiary/aromatic N) is 5. The van der Waals surface area contributed by atoms with Crippen LogP contribution in [0, 0.1) is 0 Å². The van der Waals surface area contributed by atoms with Crippen LogP contribution in [0.4, 0.5) is 0 Å². The quantitative estimate of drug-likeness (QED) is 0.369. The molecule has 0 fully saturated rings. The van der Waals surface area contributed by atoms with Gasteiger partial charge in [-0.25, -0.2) is 9.97 Å². The molecule has 1 heterocycles. The molecule has 11 heavy (non-hydrogen) atoms. The monoisotopic (exact) mass is 149 g/mol. The van der Waals surface area contributed by atoms with Crippen molar-refractivity contribution in [3.63, 3.8) is 0 Å². The highest BCUT2D eigenvalue weighted by Gasteiger charge is 1.90. The number of hydrogen-bond acceptors (Lipinski definition) is 3. The summed E-state index contributed by atoms with van der Waals surface area (Å²) in [5, 5.41) is 3.37. The van der Waals surface area contributed by atoms with Crippen molar-refractivity contribution in [2.45, 2.75) is 6.42 Å². The first-order valence-electron chi connectivity index (χ1n) is 3.20. The van der Waals surface area contributed by atoms with Crippen LogP contribution in [0.3, 0.4) is 0 Å². The smallest absolute Gasteiger partial charge is 0.128 e. The van der Waals surface area contributed by atoms with E-state index in [-0.39, 0.29) is 0 Å². The van der Waals surface area contributed by atoms with Crippen LogP contribution in [-0.4, -0.2) is 16.5 Å². The van der Waals surface area contributed by atoms with E-state index < -0.39 is 0 Å². The fourth-order valence-electron chi connectivity index (χ4n) is 0.654. The Bertz CT molecular complexity index is 251. The molecule has 1 rings (SSSR count). The maximum Gasteiger partial charge on any atom is 0.128 e. The fraction of sp³-hybridized carbons (Fsp3) is 0.333. The van der Waals surface area contributed by atoms with Gasteiger partial charge in [-0.1, -0.05) is 5.11 Å². The van der Waals surface area contributed by atoms with Crippen molar-refractivity contribution in [3.05, 3.63) is 34.7 Å². The molecule has 0 aliphatic rings. The molecule has 1 aromatic rings. The number of azide groups is 1. The lowest BCUT2D eigenvalue weighted by atomic mass is 10.4. The van der Waals surface area contributed by atoms with Gasteiger partial charge in [-0.3, -0.25) is 0 Å². The van der Waals surface area contributed by atoms with Crippen LogP contribution >= 0.6 is 0 Å². The van der Waals surface area contributed by atoms with Gasteiger partial charge in [-0.2, -0.15) is 0 Å². The molecular weight excluding hydrogens is 142 g/mol. The minimum Gasteiger partial charge on any atom is -0.241 e. The molecule has 0 bridgehead atoms. The third-order valence-corrected chi connectivity index (χ3v) is 1.12. The van der Waals surface area contributed by atoms with E-state index in [4.69, 9.17) is 5.53 Å². The Balaban J connectivity index is 2.45. The van der Waals surface area contributed by atoms with Crippen LogP contribution in [0.1, 0.15) is 5.82 Å². The summed E-state index contributed by atoms with van der Waals surface area (Å²) in [6.07, 6.45) is 3.93. The second kappa shape index (κ2) is 4.24. The van der Waals surface area contributed by atoms with Gasteiger partial charge in [0.25, 0.3) is 0 Å². The SMILES string of the molecule is [N-]=[N+]=NCCc1ncccn1. The summed E-state index contributed by atoms with van der Waals surface area (Å²) in [6, 6.07) is 1.75. The average molecular weight is 149 g/mol. The minimum atomic E-state index is 0.417. The number of aromatic nitrogens is 2. The molecule has 0 saturated carbocycles. The number of hydrogen-bond donors (Lipinski definition) is 0. The molecule has 0 aliphatic carbocycles. The molecule has 0 radical (unpaired) electrons. The molecule has 0 N–H and O–H groups in total. The lowest BCUT2D eigenvalue weighted by molar-refractivity contribution is 0.861. The van der Waals surface area contributed by atoms with Crippen LogP contribution in [0.2, 0.25) is 0 Å². The summed E-state index contributed by atoms with van der Waals surface area (Å²) in [5.74, 6) is 0.708. The predicted octanol–water partition coefficient (Wildman–Crippen LogP) is 1.33. The number of rotatable bonds is 3. The lowest BCUT2D eigenvalue weighted by Gasteiger charge is -1.91. The molecule has 0 amide bonds. The fourth-order valence-corrected chi connectivity index (χ4v) is 0.654. The first-order valence-corrected chi connectivity index (χ1v) is 3.20. The van der Waals surface area contributed by atoms with Crippen molar-refractivity contribution in [1.82, 2.24) is 9.97 Å². The molecule has 5 heteroatoms. The zero-order valence-corrected chi connectivity index (χ0v) is 5.88. The van der Waals surface area contributed by atoms with Gasteiger partial charge in [0.15, 0.2) is 0 Å². The van der Waals surface area contributed by atoms with Crippen LogP contribution in [-0.2, 0) is 6.42 Å². The summed E-state index contributed by atoms with van der Waals surface area (Å²) in [6.45, 7) is 0.417. The van der Waals surface area contributed by atoms with E-state index in [1.54, 1.807) is 18.5 Å². The van der Waals surface area contributed by atoms with Crippen LogP contribution in [0.5, 0.6) is 0 Å². The summed E-state index contributed by atoms with van der Waals surface area (Å²) in [5.41, 5.74) is 7.96. The molecule has 0 unspecified atom stereocenters. The lowest BCUT2D eigenvalue weighted by Crippen LogP contribution is -1.94. The summed E-state index contributed by atoms with van der Waals surface area (Å²) in [7, 11) is 0. The topological polar surface area (TPSA) is 74.5 Å². The standard InChI is InChI=1S/C6H7N5/c7-11-10-5-2-6-8-3-1-4-9-6/h1,3-4H,2,5H2. The third-order valence-electron chi connectivity index (χ3n) is 1.12. The van der Waals surface area contributed by atoms with E-state index in [0.29, 0.717) is 18.8 Å². The Morgan fingerprint density at radius 3 is 2.82 bits per heavy atom. The van der Waals surface area contributed by atoms with Gasteiger partial charge in [0.05, 0.1) is 0 Å². The minimum absolute atomic E-state index is 0.417. The van der Waals surface area contributed by atoms with Gasteiger partial charge < -0.3 is 0 Å². The first-order chi connectivity index (χ1) is 5.43. The van der Waals surface area contributed by atoms with Gasteiger partial charge in [0.2, 0.25) is 0 Å². The van der Waals surface area contributed by atoms with Crippen molar-refractivity contribution in [3.8, 4) is 0 Å². The van der Waals surface area contributed by atoms with E-state index in [2.05, 4.69) is 20.0 Å². The van der Waals surface area contributed by atoms with Crippen LogP contribution in [0.15, 0.2) is 23.6 Å². The second-order valence-electron chi connectivity index (χ2n) is 1.87. The summed E-state index contributed by atoms with van der Waals surface area (Å²) < 4.78 is 0. The van der Waals surface area contributed by atoms with Gasteiger partial charge >= 0.3 is 0 Å². The van der Waals surface area contributed by atoms with Crippen LogP contribution < -0.4 is 0 Å². The largest absolute Gasteiger partial charge is 0.241 e. The van der Waals surface area contributed by atoms with Gasteiger partial charge in [-0.05, 0) is 11.6 Å². The Morgan fingerprint density at radius 2 is 2.18 bits per heavy atom. The first kappa shape index (κ1) is 7.50. The molecule has 0 spiro atoms. The molecular formula is C6H7N5. The average Bonchev–Trinajstić information content (AvgIpc) is 2.07. The molecule has 0 aliphatic heterocycles. The van der Waals surface area contributed by atoms with Crippen molar-refractivity contribution in [2.75, 3.05) is 6.54 Å². The Labute approximate surface area is 63.7 Å². The maximum atomic E-state index is 7.96. The van der Waals surface area contributed by atoms with E-state index in [1.165, 1.54) is 0 Å². The maximum absolute atomic E-state index is 7.96. The Hall–Kier alpha value is -1.61. The molecule has 56 valence electrons. The van der Waals surface area contributed by atoms with Gasteiger partial charge in [-0.15, -0.1) is 0 Å². The van der Waals surface area contributed by atoms with E-state index in [1.807, 2.05) is 0 Å². The summed E-state index contributed by atoms with van der Waals surface area (Å²) >= 11 is 0. The molecule has 0 aromatic carbocycles. The van der Waals surface area contributed by atoms with E-state index in [9.17, 15) is 0 Å². The Kier molecular flexibility index (Phi) is 2.89. The molecule has 0 saturated heterocycles. The highest BCUT2D eigenvalue weighted by Crippen LogP contribution is 1.89. The molecule has 0 atom stereocenters. The van der Waals surface area contributed by atoms with E-state index in [0.717, 1.165) is 0 Å². The molecule has 1 aromatic heterocycles. The zero-order valence-electron chi connectivity index (χ0n) is 5.88. The van der Waals surface area contributed by atoms with Crippen molar-refractivity contribution < 1.29 is 0 Å². The molecule has 5 nitrogen and oxygen atoms in total. The van der Waals surface area contributed by atoms with Crippen molar-refractivity contribution >= 4 is 0 Å². The zero-order chi connectivity index (χ0) is 7.94. The predicted molar refractivity (Wildman–Crippen MR) is 39.7 cm³/mol. The second-order valence-corrected chi connectivity index (χ2v) is 1.87. The van der Waals surface area contributed by atoms with E-state index >= 15 is 0 Å². The highest BCUT2D eigenvalue weighted by atomic mass is 15.1. The normalized spacial score (nSPS) is 8.73. The third kappa shape index (κ3) is 2.64. The Morgan fingerprint density at radius 1 is 1.45 bits per heavy atom. The summed E-state index contributed by atoms with van der Waals surface area (Å²) in [4.78, 5) is 10.5. The van der Waals surface area contributed by atoms with Crippen molar-refractivity contribution in [2.24, 2.45) is 5.11 Å². The van der Waals surface area contributed by atoms with Gasteiger partial charge in [0.1, 0.15) is 5.82 Å².